The van der Waals surface area contributed by atoms with E-state index in [2.05, 4.69) is 21.6 Å². The molecule has 0 aliphatic heterocycles. The van der Waals surface area contributed by atoms with Gasteiger partial charge in [0.25, 0.3) is 0 Å². The van der Waals surface area contributed by atoms with E-state index < -0.39 is 5.54 Å². The van der Waals surface area contributed by atoms with Crippen molar-refractivity contribution in [1.29, 1.82) is 5.26 Å². The average Bonchev–Trinajstić information content (AvgIpc) is 2.82. The minimum Gasteiger partial charge on any atom is -0.303 e. The molecule has 7 heteroatoms. The van der Waals surface area contributed by atoms with E-state index in [1.54, 1.807) is 34.9 Å². The summed E-state index contributed by atoms with van der Waals surface area (Å²) in [5.41, 5.74) is -0.411. The van der Waals surface area contributed by atoms with Crippen molar-refractivity contribution in [3.05, 3.63) is 0 Å². The second-order valence-electron chi connectivity index (χ2n) is 3.68. The fourth-order valence-corrected chi connectivity index (χ4v) is 3.61. The van der Waals surface area contributed by atoms with Gasteiger partial charge in [0, 0.05) is 5.75 Å². The molecule has 0 amide bonds. The van der Waals surface area contributed by atoms with Gasteiger partial charge in [-0.3, -0.25) is 0 Å². The van der Waals surface area contributed by atoms with E-state index in [0.717, 1.165) is 27.3 Å². The van der Waals surface area contributed by atoms with E-state index in [1.165, 1.54) is 0 Å². The Hall–Kier alpha value is -0.290. The summed E-state index contributed by atoms with van der Waals surface area (Å²) in [6.45, 7) is 1.93. The Balaban J connectivity index is 2.27. The van der Waals surface area contributed by atoms with Gasteiger partial charge < -0.3 is 5.32 Å². The number of nitrogens with one attached hydrogen (secondary N) is 1. The van der Waals surface area contributed by atoms with E-state index in [0.29, 0.717) is 0 Å². The lowest BCUT2D eigenvalue weighted by atomic mass is 9.99. The molecular weight excluding hydrogens is 272 g/mol. The third-order valence-electron chi connectivity index (χ3n) is 2.41. The smallest absolute Gasteiger partial charge is 0.175 e. The molecule has 0 saturated heterocycles. The van der Waals surface area contributed by atoms with Crippen molar-refractivity contribution in [3.8, 4) is 6.07 Å². The quantitative estimate of drug-likeness (QED) is 0.615. The first-order chi connectivity index (χ1) is 8.13. The molecule has 1 N–H and O–H groups in total. The molecule has 1 aromatic heterocycles. The van der Waals surface area contributed by atoms with Gasteiger partial charge >= 0.3 is 0 Å². The lowest BCUT2D eigenvalue weighted by Crippen LogP contribution is -2.37. The topological polar surface area (TPSA) is 61.6 Å². The molecular formula is C10H16N4S3. The standard InChI is InChI=1S/C10H16N4S3/c1-10(7-11,12-2)5-4-6-16-9-14-13-8(15-3)17-9/h12H,4-6H2,1-3H3. The van der Waals surface area contributed by atoms with Crippen molar-refractivity contribution < 1.29 is 0 Å². The molecule has 1 unspecified atom stereocenters. The van der Waals surface area contributed by atoms with Crippen LogP contribution in [-0.2, 0) is 0 Å². The van der Waals surface area contributed by atoms with Gasteiger partial charge in [-0.2, -0.15) is 5.26 Å². The Bertz CT molecular complexity index is 387. The SMILES string of the molecule is CNC(C)(C#N)CCCSc1nnc(SC)s1. The molecule has 0 aliphatic carbocycles. The van der Waals surface area contributed by atoms with E-state index in [1.807, 2.05) is 20.2 Å². The van der Waals surface area contributed by atoms with E-state index >= 15 is 0 Å². The van der Waals surface area contributed by atoms with E-state index in [4.69, 9.17) is 5.26 Å². The third kappa shape index (κ3) is 4.84. The zero-order valence-electron chi connectivity index (χ0n) is 10.2. The van der Waals surface area contributed by atoms with Crippen LogP contribution in [0.2, 0.25) is 0 Å². The largest absolute Gasteiger partial charge is 0.303 e. The normalized spacial score (nSPS) is 14.2. The van der Waals surface area contributed by atoms with E-state index in [9.17, 15) is 0 Å². The Morgan fingerprint density at radius 2 is 2.18 bits per heavy atom. The first-order valence-corrected chi connectivity index (χ1v) is 8.26. The van der Waals surface area contributed by atoms with Crippen molar-refractivity contribution in [2.24, 2.45) is 0 Å². The molecule has 0 bridgehead atoms. The van der Waals surface area contributed by atoms with Crippen LogP contribution in [0.1, 0.15) is 19.8 Å². The Kier molecular flexibility index (Phi) is 6.27. The zero-order valence-corrected chi connectivity index (χ0v) is 12.6. The summed E-state index contributed by atoms with van der Waals surface area (Å²) in [5.74, 6) is 0.974. The van der Waals surface area contributed by atoms with Crippen LogP contribution in [0.25, 0.3) is 0 Å². The van der Waals surface area contributed by atoms with Crippen LogP contribution in [0.4, 0.5) is 0 Å². The second kappa shape index (κ2) is 7.21. The van der Waals surface area contributed by atoms with Gasteiger partial charge in [-0.05, 0) is 33.1 Å². The summed E-state index contributed by atoms with van der Waals surface area (Å²) >= 11 is 4.96. The van der Waals surface area contributed by atoms with Gasteiger partial charge in [0.1, 0.15) is 5.54 Å². The number of rotatable bonds is 7. The van der Waals surface area contributed by atoms with Crippen LogP contribution in [-0.4, -0.2) is 34.8 Å². The molecule has 1 rings (SSSR count). The molecule has 0 aromatic carbocycles. The summed E-state index contributed by atoms with van der Waals surface area (Å²) in [7, 11) is 1.83. The molecule has 0 aliphatic rings. The molecule has 1 aromatic rings. The maximum atomic E-state index is 8.99. The van der Waals surface area contributed by atoms with Gasteiger partial charge in [-0.1, -0.05) is 34.9 Å². The lowest BCUT2D eigenvalue weighted by molar-refractivity contribution is 0.451. The summed E-state index contributed by atoms with van der Waals surface area (Å²) < 4.78 is 2.02. The number of nitrogens with zero attached hydrogens (tertiary/aromatic N) is 3. The first kappa shape index (κ1) is 14.8. The van der Waals surface area contributed by atoms with Crippen molar-refractivity contribution in [2.45, 2.75) is 34.0 Å². The molecule has 0 saturated carbocycles. The lowest BCUT2D eigenvalue weighted by Gasteiger charge is -2.19. The zero-order chi connectivity index (χ0) is 12.7. The van der Waals surface area contributed by atoms with Crippen molar-refractivity contribution in [2.75, 3.05) is 19.1 Å². The van der Waals surface area contributed by atoms with Crippen molar-refractivity contribution >= 4 is 34.9 Å². The van der Waals surface area contributed by atoms with Crippen molar-refractivity contribution in [1.82, 2.24) is 15.5 Å². The molecule has 4 nitrogen and oxygen atoms in total. The highest BCUT2D eigenvalue weighted by Crippen LogP contribution is 2.28. The van der Waals surface area contributed by atoms with Crippen LogP contribution in [0, 0.1) is 11.3 Å². The Morgan fingerprint density at radius 1 is 1.47 bits per heavy atom. The minimum atomic E-state index is -0.411. The van der Waals surface area contributed by atoms with Gasteiger partial charge in [0.15, 0.2) is 8.68 Å². The highest BCUT2D eigenvalue weighted by molar-refractivity contribution is 8.02. The Labute approximate surface area is 115 Å². The predicted octanol–water partition coefficient (Wildman–Crippen LogP) is 2.63. The van der Waals surface area contributed by atoms with E-state index in [-0.39, 0.29) is 0 Å². The average molecular weight is 288 g/mol. The number of aromatic nitrogens is 2. The summed E-state index contributed by atoms with van der Waals surface area (Å²) in [6.07, 6.45) is 3.84. The number of nitriles is 1. The number of thioether (sulfide) groups is 2. The van der Waals surface area contributed by atoms with Gasteiger partial charge in [0.2, 0.25) is 0 Å². The maximum absolute atomic E-state index is 8.99. The highest BCUT2D eigenvalue weighted by atomic mass is 32.2. The minimum absolute atomic E-state index is 0.411. The predicted molar refractivity (Wildman–Crippen MR) is 74.7 cm³/mol. The van der Waals surface area contributed by atoms with Crippen LogP contribution < -0.4 is 5.32 Å². The Morgan fingerprint density at radius 3 is 2.71 bits per heavy atom. The number of hydrogen-bond donors (Lipinski definition) is 1. The molecule has 1 atom stereocenters. The van der Waals surface area contributed by atoms with Gasteiger partial charge in [-0.25, -0.2) is 0 Å². The molecule has 94 valence electrons. The first-order valence-electron chi connectivity index (χ1n) is 5.24. The third-order valence-corrected chi connectivity index (χ3v) is 5.53. The molecule has 0 radical (unpaired) electrons. The molecule has 1 heterocycles. The fraction of sp³-hybridized carbons (Fsp3) is 0.700. The monoisotopic (exact) mass is 288 g/mol. The molecule has 17 heavy (non-hydrogen) atoms. The van der Waals surface area contributed by atoms with Gasteiger partial charge in [-0.15, -0.1) is 10.2 Å². The highest BCUT2D eigenvalue weighted by Gasteiger charge is 2.20. The molecule has 0 spiro atoms. The summed E-state index contributed by atoms with van der Waals surface area (Å²) in [4.78, 5) is 0. The second-order valence-corrected chi connectivity index (χ2v) is 7.06. The van der Waals surface area contributed by atoms with Crippen LogP contribution in [0.5, 0.6) is 0 Å². The van der Waals surface area contributed by atoms with Crippen molar-refractivity contribution in [3.63, 3.8) is 0 Å². The maximum Gasteiger partial charge on any atom is 0.175 e. The summed E-state index contributed by atoms with van der Waals surface area (Å²) in [6, 6.07) is 2.29. The summed E-state index contributed by atoms with van der Waals surface area (Å²) in [5, 5.41) is 20.2. The number of hydrogen-bond acceptors (Lipinski definition) is 7. The van der Waals surface area contributed by atoms with Gasteiger partial charge in [0.05, 0.1) is 6.07 Å². The van der Waals surface area contributed by atoms with Crippen LogP contribution in [0.15, 0.2) is 8.68 Å². The van der Waals surface area contributed by atoms with Crippen LogP contribution >= 0.6 is 34.9 Å². The van der Waals surface area contributed by atoms with Crippen LogP contribution in [0.3, 0.4) is 0 Å². The fourth-order valence-electron chi connectivity index (χ4n) is 1.16. The molecule has 0 fully saturated rings.